The summed E-state index contributed by atoms with van der Waals surface area (Å²) in [6.07, 6.45) is 2.65. The maximum atomic E-state index is 12.3. The van der Waals surface area contributed by atoms with Gasteiger partial charge in [-0.25, -0.2) is 13.1 Å². The molecule has 0 spiro atoms. The Morgan fingerprint density at radius 3 is 2.71 bits per heavy atom. The van der Waals surface area contributed by atoms with Crippen LogP contribution >= 0.6 is 0 Å². The van der Waals surface area contributed by atoms with Gasteiger partial charge in [-0.05, 0) is 43.9 Å². The summed E-state index contributed by atoms with van der Waals surface area (Å²) in [7, 11) is -3.51. The molecule has 1 atom stereocenters. The van der Waals surface area contributed by atoms with E-state index in [4.69, 9.17) is 0 Å². The SMILES string of the molecule is Cc1cccc(S(=O)(=O)NC2CCN(C(=O)C3CC3)C2)c1. The fourth-order valence-electron chi connectivity index (χ4n) is 2.72. The zero-order valence-corrected chi connectivity index (χ0v) is 12.9. The Hall–Kier alpha value is -1.40. The van der Waals surface area contributed by atoms with Crippen LogP contribution in [-0.2, 0) is 14.8 Å². The first-order valence-electron chi connectivity index (χ1n) is 7.33. The van der Waals surface area contributed by atoms with Crippen molar-refractivity contribution in [3.8, 4) is 0 Å². The second-order valence-corrected chi connectivity index (χ2v) is 7.70. The first-order chi connectivity index (χ1) is 9.95. The van der Waals surface area contributed by atoms with Gasteiger partial charge in [0.15, 0.2) is 0 Å². The maximum Gasteiger partial charge on any atom is 0.240 e. The van der Waals surface area contributed by atoms with Crippen molar-refractivity contribution >= 4 is 15.9 Å². The van der Waals surface area contributed by atoms with Crippen molar-refractivity contribution in [3.63, 3.8) is 0 Å². The molecule has 1 amide bonds. The Kier molecular flexibility index (Phi) is 3.75. The van der Waals surface area contributed by atoms with Gasteiger partial charge in [-0.3, -0.25) is 4.79 Å². The van der Waals surface area contributed by atoms with E-state index in [1.165, 1.54) is 0 Å². The van der Waals surface area contributed by atoms with Crippen LogP contribution in [0.15, 0.2) is 29.2 Å². The molecular formula is C15H20N2O3S. The molecule has 2 aliphatic rings. The van der Waals surface area contributed by atoms with E-state index < -0.39 is 10.0 Å². The summed E-state index contributed by atoms with van der Waals surface area (Å²) in [4.78, 5) is 14.1. The predicted octanol–water partition coefficient (Wildman–Crippen LogP) is 1.28. The number of amides is 1. The van der Waals surface area contributed by atoms with E-state index >= 15 is 0 Å². The molecule has 1 unspecified atom stereocenters. The summed E-state index contributed by atoms with van der Waals surface area (Å²) in [5.41, 5.74) is 0.912. The fraction of sp³-hybridized carbons (Fsp3) is 0.533. The van der Waals surface area contributed by atoms with E-state index in [0.29, 0.717) is 19.5 Å². The number of nitrogens with zero attached hydrogens (tertiary/aromatic N) is 1. The van der Waals surface area contributed by atoms with Gasteiger partial charge in [0.2, 0.25) is 15.9 Å². The molecule has 1 aromatic carbocycles. The van der Waals surface area contributed by atoms with Crippen molar-refractivity contribution in [1.82, 2.24) is 9.62 Å². The normalized spacial score (nSPS) is 22.5. The average molecular weight is 308 g/mol. The van der Waals surface area contributed by atoms with Crippen LogP contribution in [0.3, 0.4) is 0 Å². The summed E-state index contributed by atoms with van der Waals surface area (Å²) < 4.78 is 27.4. The predicted molar refractivity (Wildman–Crippen MR) is 79.2 cm³/mol. The number of likely N-dealkylation sites (tertiary alicyclic amines) is 1. The number of benzene rings is 1. The molecule has 1 saturated heterocycles. The molecule has 0 bridgehead atoms. The molecule has 1 heterocycles. The molecule has 0 aromatic heterocycles. The van der Waals surface area contributed by atoms with Crippen LogP contribution in [0.2, 0.25) is 0 Å². The summed E-state index contributed by atoms with van der Waals surface area (Å²) in [5, 5.41) is 0. The second kappa shape index (κ2) is 5.42. The van der Waals surface area contributed by atoms with E-state index in [2.05, 4.69) is 4.72 Å². The summed E-state index contributed by atoms with van der Waals surface area (Å²) in [5.74, 6) is 0.379. The number of rotatable bonds is 4. The van der Waals surface area contributed by atoms with Crippen molar-refractivity contribution in [2.45, 2.75) is 37.1 Å². The topological polar surface area (TPSA) is 66.5 Å². The minimum absolute atomic E-state index is 0.182. The van der Waals surface area contributed by atoms with Crippen molar-refractivity contribution in [3.05, 3.63) is 29.8 Å². The van der Waals surface area contributed by atoms with Crippen molar-refractivity contribution in [2.75, 3.05) is 13.1 Å². The molecule has 3 rings (SSSR count). The van der Waals surface area contributed by atoms with E-state index in [1.807, 2.05) is 13.0 Å². The smallest absolute Gasteiger partial charge is 0.240 e. The second-order valence-electron chi connectivity index (χ2n) is 5.98. The van der Waals surface area contributed by atoms with E-state index in [0.717, 1.165) is 18.4 Å². The van der Waals surface area contributed by atoms with Crippen LogP contribution in [0, 0.1) is 12.8 Å². The Labute approximate surface area is 125 Å². The third kappa shape index (κ3) is 3.27. The number of sulfonamides is 1. The van der Waals surface area contributed by atoms with Crippen LogP contribution in [0.4, 0.5) is 0 Å². The highest BCUT2D eigenvalue weighted by Gasteiger charge is 2.37. The van der Waals surface area contributed by atoms with Gasteiger partial charge < -0.3 is 4.90 Å². The first-order valence-corrected chi connectivity index (χ1v) is 8.82. The van der Waals surface area contributed by atoms with Gasteiger partial charge in [-0.2, -0.15) is 0 Å². The van der Waals surface area contributed by atoms with E-state index in [9.17, 15) is 13.2 Å². The molecule has 1 N–H and O–H groups in total. The highest BCUT2D eigenvalue weighted by molar-refractivity contribution is 7.89. The summed E-state index contributed by atoms with van der Waals surface area (Å²) in [6.45, 7) is 3.00. The number of aryl methyl sites for hydroxylation is 1. The fourth-order valence-corrected chi connectivity index (χ4v) is 4.08. The number of nitrogens with one attached hydrogen (secondary N) is 1. The van der Waals surface area contributed by atoms with Gasteiger partial charge in [0.25, 0.3) is 0 Å². The first kappa shape index (κ1) is 14.5. The van der Waals surface area contributed by atoms with Crippen LogP contribution in [0.5, 0.6) is 0 Å². The lowest BCUT2D eigenvalue weighted by molar-refractivity contribution is -0.131. The Morgan fingerprint density at radius 2 is 2.05 bits per heavy atom. The largest absolute Gasteiger partial charge is 0.341 e. The van der Waals surface area contributed by atoms with Crippen LogP contribution in [0.25, 0.3) is 0 Å². The molecule has 1 aliphatic carbocycles. The van der Waals surface area contributed by atoms with Gasteiger partial charge in [-0.1, -0.05) is 12.1 Å². The number of carbonyl (C=O) groups excluding carboxylic acids is 1. The molecule has 1 saturated carbocycles. The molecule has 1 aliphatic heterocycles. The molecule has 5 nitrogen and oxygen atoms in total. The minimum atomic E-state index is -3.51. The van der Waals surface area contributed by atoms with Crippen molar-refractivity contribution < 1.29 is 13.2 Å². The standard InChI is InChI=1S/C15H20N2O3S/c1-11-3-2-4-14(9-11)21(19,20)16-13-7-8-17(10-13)15(18)12-5-6-12/h2-4,9,12-13,16H,5-8,10H2,1H3. The average Bonchev–Trinajstić information content (AvgIpc) is 3.18. The van der Waals surface area contributed by atoms with Crippen LogP contribution in [-0.4, -0.2) is 38.4 Å². The van der Waals surface area contributed by atoms with Gasteiger partial charge in [-0.15, -0.1) is 0 Å². The quantitative estimate of drug-likeness (QED) is 0.911. The molecule has 2 fully saturated rings. The van der Waals surface area contributed by atoms with E-state index in [-0.39, 0.29) is 22.8 Å². The van der Waals surface area contributed by atoms with E-state index in [1.54, 1.807) is 23.1 Å². The molecule has 1 aromatic rings. The lowest BCUT2D eigenvalue weighted by Gasteiger charge is -2.17. The molecule has 114 valence electrons. The zero-order valence-electron chi connectivity index (χ0n) is 12.1. The highest BCUT2D eigenvalue weighted by Crippen LogP contribution is 2.32. The Bertz CT molecular complexity index is 653. The monoisotopic (exact) mass is 308 g/mol. The van der Waals surface area contributed by atoms with Crippen molar-refractivity contribution in [2.24, 2.45) is 5.92 Å². The van der Waals surface area contributed by atoms with Crippen molar-refractivity contribution in [1.29, 1.82) is 0 Å². The van der Waals surface area contributed by atoms with Gasteiger partial charge in [0, 0.05) is 25.0 Å². The molecule has 21 heavy (non-hydrogen) atoms. The van der Waals surface area contributed by atoms with Crippen LogP contribution < -0.4 is 4.72 Å². The lowest BCUT2D eigenvalue weighted by Crippen LogP contribution is -2.38. The third-order valence-corrected chi connectivity index (χ3v) is 5.57. The Morgan fingerprint density at radius 1 is 1.29 bits per heavy atom. The molecular weight excluding hydrogens is 288 g/mol. The Balaban J connectivity index is 1.65. The van der Waals surface area contributed by atoms with Gasteiger partial charge in [0.1, 0.15) is 0 Å². The third-order valence-electron chi connectivity index (χ3n) is 4.05. The molecule has 6 heteroatoms. The van der Waals surface area contributed by atoms with Gasteiger partial charge in [0.05, 0.1) is 4.90 Å². The number of hydrogen-bond donors (Lipinski definition) is 1. The zero-order chi connectivity index (χ0) is 15.0. The maximum absolute atomic E-state index is 12.3. The lowest BCUT2D eigenvalue weighted by atomic mass is 10.2. The summed E-state index contributed by atoms with van der Waals surface area (Å²) >= 11 is 0. The number of hydrogen-bond acceptors (Lipinski definition) is 3. The van der Waals surface area contributed by atoms with Crippen LogP contribution in [0.1, 0.15) is 24.8 Å². The minimum Gasteiger partial charge on any atom is -0.341 e. The number of carbonyl (C=O) groups is 1. The van der Waals surface area contributed by atoms with Gasteiger partial charge >= 0.3 is 0 Å². The molecule has 0 radical (unpaired) electrons. The highest BCUT2D eigenvalue weighted by atomic mass is 32.2. The summed E-state index contributed by atoms with van der Waals surface area (Å²) in [6, 6.07) is 6.67.